The molecule has 2 aromatic rings. The van der Waals surface area contributed by atoms with Gasteiger partial charge in [0.2, 0.25) is 5.91 Å². The number of halogens is 2. The van der Waals surface area contributed by atoms with Gasteiger partial charge in [-0.3, -0.25) is 9.69 Å². The zero-order valence-corrected chi connectivity index (χ0v) is 15.8. The number of carbonyl (C=O) groups is 1. The van der Waals surface area contributed by atoms with Crippen LogP contribution >= 0.6 is 23.2 Å². The molecular formula is C18H19Cl2N5O. The quantitative estimate of drug-likeness (QED) is 0.867. The van der Waals surface area contributed by atoms with Gasteiger partial charge in [-0.1, -0.05) is 23.2 Å². The maximum absolute atomic E-state index is 12.4. The molecule has 26 heavy (non-hydrogen) atoms. The molecule has 2 bridgehead atoms. The number of amides is 1. The molecule has 1 aromatic carbocycles. The summed E-state index contributed by atoms with van der Waals surface area (Å²) in [5.41, 5.74) is 1.59. The maximum atomic E-state index is 12.4. The van der Waals surface area contributed by atoms with Crippen LogP contribution < -0.4 is 10.2 Å². The number of nitrogens with zero attached hydrogens (tertiary/aromatic N) is 4. The monoisotopic (exact) mass is 391 g/mol. The first-order chi connectivity index (χ1) is 12.5. The number of carbonyl (C=O) groups excluding carboxylic acids is 1. The van der Waals surface area contributed by atoms with Crippen molar-refractivity contribution in [3.63, 3.8) is 0 Å². The van der Waals surface area contributed by atoms with Crippen molar-refractivity contribution in [1.82, 2.24) is 14.9 Å². The lowest BCUT2D eigenvalue weighted by Crippen LogP contribution is -2.69. The zero-order chi connectivity index (χ0) is 18.3. The van der Waals surface area contributed by atoms with Gasteiger partial charge in [0.1, 0.15) is 12.1 Å². The first kappa shape index (κ1) is 17.5. The standard InChI is InChI=1S/C18H19Cl2N5O/c1-11-2-17(22-10-21-11)24-7-15-6-16(8-24)25(15)9-18(26)23-14-4-12(19)3-13(20)5-14/h2-5,10,15-16H,6-9H2,1H3,(H,23,26). The second-order valence-electron chi connectivity index (χ2n) is 6.84. The molecule has 136 valence electrons. The smallest absolute Gasteiger partial charge is 0.238 e. The Morgan fingerprint density at radius 1 is 1.15 bits per heavy atom. The van der Waals surface area contributed by atoms with Crippen LogP contribution in [0.15, 0.2) is 30.6 Å². The Labute approximate surface area is 162 Å². The fourth-order valence-electron chi connectivity index (χ4n) is 3.74. The van der Waals surface area contributed by atoms with Crippen LogP contribution in [0.5, 0.6) is 0 Å². The van der Waals surface area contributed by atoms with Crippen molar-refractivity contribution < 1.29 is 4.79 Å². The molecule has 0 radical (unpaired) electrons. The highest BCUT2D eigenvalue weighted by atomic mass is 35.5. The van der Waals surface area contributed by atoms with Crippen LogP contribution in [0.4, 0.5) is 11.5 Å². The van der Waals surface area contributed by atoms with Crippen LogP contribution in [0.3, 0.4) is 0 Å². The highest BCUT2D eigenvalue weighted by Crippen LogP contribution is 2.34. The Morgan fingerprint density at radius 3 is 2.50 bits per heavy atom. The van der Waals surface area contributed by atoms with E-state index in [4.69, 9.17) is 23.2 Å². The third-order valence-electron chi connectivity index (χ3n) is 4.93. The molecule has 3 aliphatic heterocycles. The molecule has 0 saturated carbocycles. The van der Waals surface area contributed by atoms with E-state index in [-0.39, 0.29) is 5.91 Å². The minimum absolute atomic E-state index is 0.0515. The van der Waals surface area contributed by atoms with Crippen molar-refractivity contribution in [2.45, 2.75) is 25.4 Å². The molecule has 4 heterocycles. The number of hydrogen-bond acceptors (Lipinski definition) is 5. The summed E-state index contributed by atoms with van der Waals surface area (Å²) in [7, 11) is 0. The average molecular weight is 392 g/mol. The molecule has 8 heteroatoms. The summed E-state index contributed by atoms with van der Waals surface area (Å²) in [6.45, 7) is 4.09. The molecule has 0 spiro atoms. The number of piperidine rings is 1. The molecule has 5 rings (SSSR count). The maximum Gasteiger partial charge on any atom is 0.238 e. The third-order valence-corrected chi connectivity index (χ3v) is 5.37. The minimum atomic E-state index is -0.0515. The lowest BCUT2D eigenvalue weighted by atomic mass is 9.87. The summed E-state index contributed by atoms with van der Waals surface area (Å²) in [6, 6.07) is 7.78. The van der Waals surface area contributed by atoms with Gasteiger partial charge in [0, 0.05) is 52.7 Å². The van der Waals surface area contributed by atoms with Crippen LogP contribution in [-0.2, 0) is 4.79 Å². The number of rotatable bonds is 4. The first-order valence-electron chi connectivity index (χ1n) is 8.53. The third kappa shape index (κ3) is 3.63. The number of aromatic nitrogens is 2. The Balaban J connectivity index is 1.35. The van der Waals surface area contributed by atoms with E-state index in [1.807, 2.05) is 13.0 Å². The molecule has 0 aliphatic carbocycles. The van der Waals surface area contributed by atoms with E-state index in [1.54, 1.807) is 24.5 Å². The lowest BCUT2D eigenvalue weighted by Gasteiger charge is -2.56. The summed E-state index contributed by atoms with van der Waals surface area (Å²) >= 11 is 12.0. The summed E-state index contributed by atoms with van der Waals surface area (Å²) < 4.78 is 0. The van der Waals surface area contributed by atoms with Crippen molar-refractivity contribution in [2.24, 2.45) is 0 Å². The fourth-order valence-corrected chi connectivity index (χ4v) is 4.26. The number of anilines is 2. The predicted molar refractivity (Wildman–Crippen MR) is 103 cm³/mol. The molecule has 3 saturated heterocycles. The normalized spacial score (nSPS) is 22.0. The average Bonchev–Trinajstić information content (AvgIpc) is 2.59. The number of aryl methyl sites for hydroxylation is 1. The largest absolute Gasteiger partial charge is 0.353 e. The van der Waals surface area contributed by atoms with Crippen LogP contribution in [0.1, 0.15) is 12.1 Å². The Hall–Kier alpha value is -1.89. The molecule has 2 unspecified atom stereocenters. The lowest BCUT2D eigenvalue weighted by molar-refractivity contribution is -0.121. The topological polar surface area (TPSA) is 61.4 Å². The highest BCUT2D eigenvalue weighted by molar-refractivity contribution is 6.35. The van der Waals surface area contributed by atoms with Crippen molar-refractivity contribution in [2.75, 3.05) is 29.9 Å². The van der Waals surface area contributed by atoms with Gasteiger partial charge in [-0.2, -0.15) is 0 Å². The zero-order valence-electron chi connectivity index (χ0n) is 14.3. The van der Waals surface area contributed by atoms with Crippen molar-refractivity contribution in [1.29, 1.82) is 0 Å². The van der Waals surface area contributed by atoms with E-state index < -0.39 is 0 Å². The second-order valence-corrected chi connectivity index (χ2v) is 7.72. The summed E-state index contributed by atoms with van der Waals surface area (Å²) in [5.74, 6) is 0.911. The van der Waals surface area contributed by atoms with Gasteiger partial charge in [-0.15, -0.1) is 0 Å². The molecule has 6 nitrogen and oxygen atoms in total. The first-order valence-corrected chi connectivity index (χ1v) is 9.29. The van der Waals surface area contributed by atoms with Crippen LogP contribution in [-0.4, -0.2) is 52.5 Å². The van der Waals surface area contributed by atoms with Crippen LogP contribution in [0, 0.1) is 6.92 Å². The van der Waals surface area contributed by atoms with Crippen molar-refractivity contribution in [3.8, 4) is 0 Å². The van der Waals surface area contributed by atoms with Crippen molar-refractivity contribution >= 4 is 40.6 Å². The number of nitrogens with one attached hydrogen (secondary N) is 1. The van der Waals surface area contributed by atoms with Gasteiger partial charge in [0.25, 0.3) is 0 Å². The van der Waals surface area contributed by atoms with E-state index in [1.165, 1.54) is 0 Å². The predicted octanol–water partition coefficient (Wildman–Crippen LogP) is 2.99. The molecular weight excluding hydrogens is 373 g/mol. The SMILES string of the molecule is Cc1cc(N2CC3CC(C2)N3CC(=O)Nc2cc(Cl)cc(Cl)c2)ncn1. The fraction of sp³-hybridized carbons (Fsp3) is 0.389. The van der Waals surface area contributed by atoms with E-state index in [0.717, 1.165) is 31.0 Å². The van der Waals surface area contributed by atoms with E-state index in [2.05, 4.69) is 25.1 Å². The molecule has 1 amide bonds. The van der Waals surface area contributed by atoms with Crippen molar-refractivity contribution in [3.05, 3.63) is 46.3 Å². The van der Waals surface area contributed by atoms with Gasteiger partial charge in [-0.25, -0.2) is 9.97 Å². The number of benzene rings is 1. The van der Waals surface area contributed by atoms with Gasteiger partial charge in [0.05, 0.1) is 6.54 Å². The van der Waals surface area contributed by atoms with E-state index in [0.29, 0.717) is 34.4 Å². The molecule has 2 atom stereocenters. The van der Waals surface area contributed by atoms with E-state index >= 15 is 0 Å². The Bertz CT molecular complexity index is 814. The Kier molecular flexibility index (Phi) is 4.73. The van der Waals surface area contributed by atoms with Gasteiger partial charge >= 0.3 is 0 Å². The van der Waals surface area contributed by atoms with Crippen LogP contribution in [0.25, 0.3) is 0 Å². The molecule has 3 aliphatic rings. The van der Waals surface area contributed by atoms with E-state index in [9.17, 15) is 4.79 Å². The number of hydrogen-bond donors (Lipinski definition) is 1. The summed E-state index contributed by atoms with van der Waals surface area (Å²) in [5, 5.41) is 3.89. The summed E-state index contributed by atoms with van der Waals surface area (Å²) in [4.78, 5) is 25.4. The second kappa shape index (κ2) is 7.02. The summed E-state index contributed by atoms with van der Waals surface area (Å²) in [6.07, 6.45) is 2.73. The highest BCUT2D eigenvalue weighted by Gasteiger charge is 2.45. The van der Waals surface area contributed by atoms with Gasteiger partial charge in [0.15, 0.2) is 0 Å². The minimum Gasteiger partial charge on any atom is -0.353 e. The molecule has 3 fully saturated rings. The van der Waals surface area contributed by atoms with Gasteiger partial charge in [-0.05, 0) is 31.5 Å². The number of fused-ring (bicyclic) bond motifs is 2. The molecule has 1 N–H and O–H groups in total. The molecule has 1 aromatic heterocycles. The van der Waals surface area contributed by atoms with Gasteiger partial charge < -0.3 is 10.2 Å². The Morgan fingerprint density at radius 2 is 1.85 bits per heavy atom. The van der Waals surface area contributed by atoms with Crippen LogP contribution in [0.2, 0.25) is 10.0 Å². The number of piperazine rings is 1.